The monoisotopic (exact) mass is 299 g/mol. The highest BCUT2D eigenvalue weighted by atomic mass is 32.2. The SMILES string of the molecule is COc1ccc(C2=C(c3ccc(OC)cc3)SCN2)cc1. The first-order chi connectivity index (χ1) is 10.3. The summed E-state index contributed by atoms with van der Waals surface area (Å²) in [5.74, 6) is 2.64. The van der Waals surface area contributed by atoms with Crippen LogP contribution in [0.4, 0.5) is 0 Å². The lowest BCUT2D eigenvalue weighted by Gasteiger charge is -2.09. The fourth-order valence-corrected chi connectivity index (χ4v) is 3.29. The summed E-state index contributed by atoms with van der Waals surface area (Å²) >= 11 is 1.82. The first-order valence-electron chi connectivity index (χ1n) is 6.71. The predicted molar refractivity (Wildman–Crippen MR) is 88.4 cm³/mol. The van der Waals surface area contributed by atoms with E-state index in [-0.39, 0.29) is 0 Å². The summed E-state index contributed by atoms with van der Waals surface area (Å²) in [6.07, 6.45) is 0. The second kappa shape index (κ2) is 6.14. The van der Waals surface area contributed by atoms with Crippen LogP contribution in [0.15, 0.2) is 48.5 Å². The zero-order chi connectivity index (χ0) is 14.7. The van der Waals surface area contributed by atoms with E-state index in [4.69, 9.17) is 9.47 Å². The minimum absolute atomic E-state index is 0.871. The van der Waals surface area contributed by atoms with Crippen molar-refractivity contribution in [2.45, 2.75) is 0 Å². The normalized spacial score (nSPS) is 14.0. The van der Waals surface area contributed by atoms with Crippen LogP contribution in [0.25, 0.3) is 10.6 Å². The highest BCUT2D eigenvalue weighted by Gasteiger charge is 2.18. The summed E-state index contributed by atoms with van der Waals surface area (Å²) in [5.41, 5.74) is 3.55. The van der Waals surface area contributed by atoms with Crippen LogP contribution in [0.2, 0.25) is 0 Å². The Labute approximate surface area is 129 Å². The fraction of sp³-hybridized carbons (Fsp3) is 0.176. The molecule has 2 aromatic rings. The van der Waals surface area contributed by atoms with Crippen LogP contribution in [0.1, 0.15) is 11.1 Å². The molecule has 0 aliphatic carbocycles. The van der Waals surface area contributed by atoms with Gasteiger partial charge < -0.3 is 14.8 Å². The van der Waals surface area contributed by atoms with E-state index in [2.05, 4.69) is 29.6 Å². The van der Waals surface area contributed by atoms with Gasteiger partial charge in [-0.2, -0.15) is 0 Å². The minimum atomic E-state index is 0.871. The molecular formula is C17H17NO2S. The van der Waals surface area contributed by atoms with E-state index >= 15 is 0 Å². The number of rotatable bonds is 4. The number of methoxy groups -OCH3 is 2. The Bertz CT molecular complexity index is 590. The van der Waals surface area contributed by atoms with Crippen molar-refractivity contribution < 1.29 is 9.47 Å². The molecule has 0 unspecified atom stereocenters. The van der Waals surface area contributed by atoms with E-state index in [1.807, 2.05) is 36.0 Å². The maximum Gasteiger partial charge on any atom is 0.118 e. The Balaban J connectivity index is 1.96. The average molecular weight is 299 g/mol. The summed E-state index contributed by atoms with van der Waals surface area (Å²) in [4.78, 5) is 1.27. The number of hydrogen-bond acceptors (Lipinski definition) is 4. The molecule has 3 rings (SSSR count). The molecular weight excluding hydrogens is 282 g/mol. The van der Waals surface area contributed by atoms with Crippen molar-refractivity contribution in [2.75, 3.05) is 20.1 Å². The predicted octanol–water partition coefficient (Wildman–Crippen LogP) is 3.82. The molecule has 0 atom stereocenters. The molecule has 21 heavy (non-hydrogen) atoms. The van der Waals surface area contributed by atoms with Crippen molar-refractivity contribution in [3.63, 3.8) is 0 Å². The zero-order valence-electron chi connectivity index (χ0n) is 12.1. The zero-order valence-corrected chi connectivity index (χ0v) is 12.9. The topological polar surface area (TPSA) is 30.5 Å². The molecule has 2 aromatic carbocycles. The Hall–Kier alpha value is -2.07. The lowest BCUT2D eigenvalue weighted by molar-refractivity contribution is 0.414. The molecule has 4 heteroatoms. The van der Waals surface area contributed by atoms with E-state index in [9.17, 15) is 0 Å². The summed E-state index contributed by atoms with van der Waals surface area (Å²) in [6, 6.07) is 16.3. The van der Waals surface area contributed by atoms with E-state index in [0.29, 0.717) is 0 Å². The maximum absolute atomic E-state index is 5.22. The molecule has 0 radical (unpaired) electrons. The Morgan fingerprint density at radius 1 is 0.810 bits per heavy atom. The standard InChI is InChI=1S/C17H17NO2S/c1-19-14-7-3-12(4-8-14)16-17(21-11-18-16)13-5-9-15(20-2)10-6-13/h3-10,18H,11H2,1-2H3. The molecule has 1 aliphatic rings. The smallest absolute Gasteiger partial charge is 0.118 e. The highest BCUT2D eigenvalue weighted by Crippen LogP contribution is 2.39. The van der Waals surface area contributed by atoms with Gasteiger partial charge in [-0.25, -0.2) is 0 Å². The second-order valence-corrected chi connectivity index (χ2v) is 5.61. The lowest BCUT2D eigenvalue weighted by atomic mass is 10.1. The number of hydrogen-bond donors (Lipinski definition) is 1. The highest BCUT2D eigenvalue weighted by molar-refractivity contribution is 8.08. The Morgan fingerprint density at radius 3 is 1.86 bits per heavy atom. The van der Waals surface area contributed by atoms with Gasteiger partial charge in [-0.05, 0) is 47.5 Å². The number of benzene rings is 2. The molecule has 0 spiro atoms. The van der Waals surface area contributed by atoms with Crippen molar-refractivity contribution in [3.05, 3.63) is 59.7 Å². The Kier molecular flexibility index (Phi) is 4.06. The maximum atomic E-state index is 5.22. The van der Waals surface area contributed by atoms with Crippen LogP contribution in [0.5, 0.6) is 11.5 Å². The Morgan fingerprint density at radius 2 is 1.33 bits per heavy atom. The summed E-state index contributed by atoms with van der Waals surface area (Å²) in [7, 11) is 3.36. The molecule has 0 saturated heterocycles. The first kappa shape index (κ1) is 13.9. The van der Waals surface area contributed by atoms with Crippen LogP contribution >= 0.6 is 11.8 Å². The third kappa shape index (κ3) is 2.85. The molecule has 1 aliphatic heterocycles. The van der Waals surface area contributed by atoms with Gasteiger partial charge in [-0.3, -0.25) is 0 Å². The summed E-state index contributed by atoms with van der Waals surface area (Å²) in [6.45, 7) is 0. The van der Waals surface area contributed by atoms with Gasteiger partial charge in [0.05, 0.1) is 25.8 Å². The van der Waals surface area contributed by atoms with Gasteiger partial charge in [-0.15, -0.1) is 11.8 Å². The van der Waals surface area contributed by atoms with E-state index in [1.165, 1.54) is 21.7 Å². The van der Waals surface area contributed by atoms with Crippen molar-refractivity contribution in [2.24, 2.45) is 0 Å². The van der Waals surface area contributed by atoms with Gasteiger partial charge in [-0.1, -0.05) is 12.1 Å². The first-order valence-corrected chi connectivity index (χ1v) is 7.70. The molecule has 0 bridgehead atoms. The van der Waals surface area contributed by atoms with Gasteiger partial charge in [0.15, 0.2) is 0 Å². The number of nitrogens with one attached hydrogen (secondary N) is 1. The van der Waals surface area contributed by atoms with Crippen molar-refractivity contribution in [3.8, 4) is 11.5 Å². The van der Waals surface area contributed by atoms with Gasteiger partial charge in [0, 0.05) is 4.91 Å². The third-order valence-corrected chi connectivity index (χ3v) is 4.44. The van der Waals surface area contributed by atoms with E-state index < -0.39 is 0 Å². The average Bonchev–Trinajstić information content (AvgIpc) is 3.04. The molecule has 0 amide bonds. The molecule has 0 saturated carbocycles. The van der Waals surface area contributed by atoms with Crippen LogP contribution in [0.3, 0.4) is 0 Å². The van der Waals surface area contributed by atoms with Gasteiger partial charge in [0.2, 0.25) is 0 Å². The van der Waals surface area contributed by atoms with Gasteiger partial charge in [0.25, 0.3) is 0 Å². The van der Waals surface area contributed by atoms with Crippen molar-refractivity contribution >= 4 is 22.4 Å². The van der Waals surface area contributed by atoms with Crippen LogP contribution in [-0.4, -0.2) is 20.1 Å². The third-order valence-electron chi connectivity index (χ3n) is 3.42. The largest absolute Gasteiger partial charge is 0.497 e. The van der Waals surface area contributed by atoms with E-state index in [0.717, 1.165) is 17.4 Å². The van der Waals surface area contributed by atoms with Gasteiger partial charge in [0.1, 0.15) is 11.5 Å². The quantitative estimate of drug-likeness (QED) is 0.929. The molecule has 1 heterocycles. The number of thioether (sulfide) groups is 1. The molecule has 0 fully saturated rings. The molecule has 1 N–H and O–H groups in total. The lowest BCUT2D eigenvalue weighted by Crippen LogP contribution is -2.05. The van der Waals surface area contributed by atoms with Crippen molar-refractivity contribution in [1.29, 1.82) is 0 Å². The van der Waals surface area contributed by atoms with E-state index in [1.54, 1.807) is 14.2 Å². The summed E-state index contributed by atoms with van der Waals surface area (Å²) < 4.78 is 10.4. The summed E-state index contributed by atoms with van der Waals surface area (Å²) in [5, 5.41) is 3.46. The van der Waals surface area contributed by atoms with Gasteiger partial charge >= 0.3 is 0 Å². The van der Waals surface area contributed by atoms with Crippen LogP contribution in [0, 0.1) is 0 Å². The van der Waals surface area contributed by atoms with Crippen LogP contribution in [-0.2, 0) is 0 Å². The van der Waals surface area contributed by atoms with Crippen molar-refractivity contribution in [1.82, 2.24) is 5.32 Å². The minimum Gasteiger partial charge on any atom is -0.497 e. The molecule has 0 aromatic heterocycles. The van der Waals surface area contributed by atoms with Crippen LogP contribution < -0.4 is 14.8 Å². The second-order valence-electron chi connectivity index (χ2n) is 4.63. The molecule has 108 valence electrons. The number of ether oxygens (including phenoxy) is 2. The fourth-order valence-electron chi connectivity index (χ4n) is 2.29. The molecule has 3 nitrogen and oxygen atoms in total.